The minimum atomic E-state index is -0.719. The molecule has 3 rings (SSSR count). The van der Waals surface area contributed by atoms with E-state index in [0.29, 0.717) is 23.5 Å². The highest BCUT2D eigenvalue weighted by Gasteiger charge is 2.19. The first-order valence-electron chi connectivity index (χ1n) is 9.07. The molecule has 3 aromatic carbocycles. The van der Waals surface area contributed by atoms with Gasteiger partial charge in [0.25, 0.3) is 5.91 Å². The average molecular weight is 457 g/mol. The lowest BCUT2D eigenvalue weighted by molar-refractivity contribution is -0.128. The number of nitrogens with one attached hydrogen (secondary N) is 1. The Morgan fingerprint density at radius 1 is 1.24 bits per heavy atom. The van der Waals surface area contributed by atoms with Gasteiger partial charge in [0.05, 0.1) is 17.8 Å². The van der Waals surface area contributed by atoms with E-state index < -0.39 is 6.10 Å². The average Bonchev–Trinajstić information content (AvgIpc) is 2.74. The molecule has 0 saturated heterocycles. The molecule has 1 atom stereocenters. The van der Waals surface area contributed by atoms with Gasteiger partial charge in [-0.15, -0.1) is 0 Å². The van der Waals surface area contributed by atoms with Gasteiger partial charge in [-0.25, -0.2) is 5.43 Å². The lowest BCUT2D eigenvalue weighted by atomic mass is 10.1. The highest BCUT2D eigenvalue weighted by atomic mass is 79.9. The van der Waals surface area contributed by atoms with Crippen molar-refractivity contribution in [1.82, 2.24) is 5.43 Å². The van der Waals surface area contributed by atoms with Crippen molar-refractivity contribution in [2.24, 2.45) is 5.10 Å². The Balaban J connectivity index is 1.70. The van der Waals surface area contributed by atoms with Crippen molar-refractivity contribution in [3.8, 4) is 17.2 Å². The fourth-order valence-electron chi connectivity index (χ4n) is 2.78. The molecule has 1 amide bonds. The highest BCUT2D eigenvalue weighted by molar-refractivity contribution is 9.10. The standard InChI is InChI=1S/C22H21BrN2O4/c1-3-19(29-20-11-8-14-6-4-5-7-17(14)21(20)23)22(27)25-24-13-15-12-16(28-2)9-10-18(15)26/h4-13,19,26H,3H2,1-2H3,(H,25,27). The van der Waals surface area contributed by atoms with E-state index in [9.17, 15) is 9.90 Å². The van der Waals surface area contributed by atoms with E-state index >= 15 is 0 Å². The number of rotatable bonds is 7. The monoisotopic (exact) mass is 456 g/mol. The van der Waals surface area contributed by atoms with Crippen LogP contribution in [-0.4, -0.2) is 30.4 Å². The van der Waals surface area contributed by atoms with Crippen LogP contribution in [0, 0.1) is 0 Å². The molecule has 2 N–H and O–H groups in total. The third-order valence-electron chi connectivity index (χ3n) is 4.37. The summed E-state index contributed by atoms with van der Waals surface area (Å²) >= 11 is 3.57. The normalized spacial score (nSPS) is 12.1. The Hall–Kier alpha value is -3.06. The third kappa shape index (κ3) is 4.86. The van der Waals surface area contributed by atoms with Gasteiger partial charge in [-0.1, -0.05) is 37.3 Å². The highest BCUT2D eigenvalue weighted by Crippen LogP contribution is 2.33. The van der Waals surface area contributed by atoms with Gasteiger partial charge in [0.2, 0.25) is 0 Å². The summed E-state index contributed by atoms with van der Waals surface area (Å²) in [5.41, 5.74) is 2.89. The fraction of sp³-hybridized carbons (Fsp3) is 0.182. The summed E-state index contributed by atoms with van der Waals surface area (Å²) in [6.07, 6.45) is 1.10. The van der Waals surface area contributed by atoms with E-state index in [1.807, 2.05) is 43.3 Å². The molecule has 0 fully saturated rings. The van der Waals surface area contributed by atoms with Crippen molar-refractivity contribution < 1.29 is 19.4 Å². The molecule has 6 nitrogen and oxygen atoms in total. The first-order valence-corrected chi connectivity index (χ1v) is 9.86. The Bertz CT molecular complexity index is 1050. The molecule has 0 spiro atoms. The van der Waals surface area contributed by atoms with Crippen LogP contribution in [0.5, 0.6) is 17.2 Å². The number of aromatic hydroxyl groups is 1. The molecule has 7 heteroatoms. The van der Waals surface area contributed by atoms with Crippen LogP contribution in [-0.2, 0) is 4.79 Å². The lowest BCUT2D eigenvalue weighted by Gasteiger charge is -2.17. The molecule has 0 saturated carbocycles. The molecule has 3 aromatic rings. The maximum absolute atomic E-state index is 12.5. The number of benzene rings is 3. The van der Waals surface area contributed by atoms with Gasteiger partial charge >= 0.3 is 0 Å². The summed E-state index contributed by atoms with van der Waals surface area (Å²) in [5, 5.41) is 15.9. The zero-order valence-electron chi connectivity index (χ0n) is 16.1. The number of phenols is 1. The zero-order chi connectivity index (χ0) is 20.8. The second kappa shape index (κ2) is 9.43. The van der Waals surface area contributed by atoms with Gasteiger partial charge in [0.1, 0.15) is 17.2 Å². The van der Waals surface area contributed by atoms with Crippen molar-refractivity contribution in [2.75, 3.05) is 7.11 Å². The van der Waals surface area contributed by atoms with E-state index in [2.05, 4.69) is 26.5 Å². The summed E-state index contributed by atoms with van der Waals surface area (Å²) in [6, 6.07) is 16.4. The van der Waals surface area contributed by atoms with Gasteiger partial charge in [-0.3, -0.25) is 4.79 Å². The Labute approximate surface area is 177 Å². The van der Waals surface area contributed by atoms with Gasteiger partial charge in [0.15, 0.2) is 6.10 Å². The van der Waals surface area contributed by atoms with E-state index in [-0.39, 0.29) is 11.7 Å². The number of amides is 1. The zero-order valence-corrected chi connectivity index (χ0v) is 17.6. The molecule has 0 aliphatic heterocycles. The molecule has 1 unspecified atom stereocenters. The van der Waals surface area contributed by atoms with Crippen molar-refractivity contribution in [1.29, 1.82) is 0 Å². The first-order chi connectivity index (χ1) is 14.0. The summed E-state index contributed by atoms with van der Waals surface area (Å²) in [6.45, 7) is 1.86. The maximum Gasteiger partial charge on any atom is 0.281 e. The molecule has 150 valence electrons. The molecule has 0 aliphatic carbocycles. The topological polar surface area (TPSA) is 80.2 Å². The Morgan fingerprint density at radius 3 is 2.79 bits per heavy atom. The predicted octanol–water partition coefficient (Wildman–Crippen LogP) is 4.62. The molecule has 29 heavy (non-hydrogen) atoms. The predicted molar refractivity (Wildman–Crippen MR) is 117 cm³/mol. The van der Waals surface area contributed by atoms with Crippen LogP contribution in [0.15, 0.2) is 64.2 Å². The second-order valence-electron chi connectivity index (χ2n) is 6.27. The van der Waals surface area contributed by atoms with Crippen LogP contribution < -0.4 is 14.9 Å². The minimum Gasteiger partial charge on any atom is -0.507 e. The number of ether oxygens (including phenoxy) is 2. The van der Waals surface area contributed by atoms with Gasteiger partial charge in [-0.2, -0.15) is 5.10 Å². The lowest BCUT2D eigenvalue weighted by Crippen LogP contribution is -2.35. The second-order valence-corrected chi connectivity index (χ2v) is 7.07. The molecule has 0 aliphatic rings. The number of methoxy groups -OCH3 is 1. The van der Waals surface area contributed by atoms with E-state index in [1.54, 1.807) is 12.1 Å². The number of halogens is 1. The number of carbonyl (C=O) groups is 1. The van der Waals surface area contributed by atoms with E-state index in [4.69, 9.17) is 9.47 Å². The summed E-state index contributed by atoms with van der Waals surface area (Å²) in [7, 11) is 1.53. The molecular formula is C22H21BrN2O4. The van der Waals surface area contributed by atoms with Crippen molar-refractivity contribution >= 4 is 38.8 Å². The van der Waals surface area contributed by atoms with Crippen LogP contribution in [0.2, 0.25) is 0 Å². The van der Waals surface area contributed by atoms with Crippen LogP contribution in [0.25, 0.3) is 10.8 Å². The summed E-state index contributed by atoms with van der Waals surface area (Å²) < 4.78 is 11.8. The molecule has 0 heterocycles. The summed E-state index contributed by atoms with van der Waals surface area (Å²) in [5.74, 6) is 0.810. The number of hydrazone groups is 1. The first kappa shape index (κ1) is 20.7. The van der Waals surface area contributed by atoms with Crippen LogP contribution >= 0.6 is 15.9 Å². The SMILES string of the molecule is CCC(Oc1ccc2ccccc2c1Br)C(=O)NN=Cc1cc(OC)ccc1O. The number of hydrogen-bond acceptors (Lipinski definition) is 5. The number of hydrogen-bond donors (Lipinski definition) is 2. The number of fused-ring (bicyclic) bond motifs is 1. The van der Waals surface area contributed by atoms with Crippen LogP contribution in [0.4, 0.5) is 0 Å². The van der Waals surface area contributed by atoms with Gasteiger partial charge < -0.3 is 14.6 Å². The quantitative estimate of drug-likeness (QED) is 0.401. The molecule has 0 aromatic heterocycles. The largest absolute Gasteiger partial charge is 0.507 e. The van der Waals surface area contributed by atoms with Crippen LogP contribution in [0.3, 0.4) is 0 Å². The summed E-state index contributed by atoms with van der Waals surface area (Å²) in [4.78, 5) is 12.5. The van der Waals surface area contributed by atoms with E-state index in [0.717, 1.165) is 15.2 Å². The fourth-order valence-corrected chi connectivity index (χ4v) is 3.37. The van der Waals surface area contributed by atoms with Crippen LogP contribution in [0.1, 0.15) is 18.9 Å². The maximum atomic E-state index is 12.5. The van der Waals surface area contributed by atoms with E-state index in [1.165, 1.54) is 19.4 Å². The molecule has 0 bridgehead atoms. The van der Waals surface area contributed by atoms with Crippen molar-refractivity contribution in [2.45, 2.75) is 19.4 Å². The Kier molecular flexibility index (Phi) is 6.72. The van der Waals surface area contributed by atoms with Crippen molar-refractivity contribution in [3.05, 3.63) is 64.6 Å². The van der Waals surface area contributed by atoms with Gasteiger partial charge in [-0.05, 0) is 57.4 Å². The smallest absolute Gasteiger partial charge is 0.281 e. The number of nitrogens with zero attached hydrogens (tertiary/aromatic N) is 1. The minimum absolute atomic E-state index is 0.0344. The molecular weight excluding hydrogens is 436 g/mol. The number of carbonyl (C=O) groups excluding carboxylic acids is 1. The third-order valence-corrected chi connectivity index (χ3v) is 5.19. The Morgan fingerprint density at radius 2 is 2.03 bits per heavy atom. The molecule has 0 radical (unpaired) electrons. The van der Waals surface area contributed by atoms with Crippen molar-refractivity contribution in [3.63, 3.8) is 0 Å². The number of phenolic OH excluding ortho intramolecular Hbond substituents is 1. The van der Waals surface area contributed by atoms with Gasteiger partial charge in [0, 0.05) is 5.56 Å².